The third-order valence-corrected chi connectivity index (χ3v) is 3.93. The van der Waals surface area contributed by atoms with E-state index in [-0.39, 0.29) is 0 Å². The topological polar surface area (TPSA) is 32.7 Å². The lowest BCUT2D eigenvalue weighted by atomic mass is 9.95. The molecule has 1 aromatic rings. The molecule has 3 heteroatoms. The SMILES string of the molecule is COc1ccc(O)c(CN2CCC(C(C)C)C2)c1. The molecule has 1 fully saturated rings. The third kappa shape index (κ3) is 2.96. The molecule has 0 radical (unpaired) electrons. The van der Waals surface area contributed by atoms with E-state index in [0.717, 1.165) is 42.8 Å². The molecule has 0 saturated carbocycles. The Morgan fingerprint density at radius 1 is 1.44 bits per heavy atom. The average Bonchev–Trinajstić information content (AvgIpc) is 2.81. The summed E-state index contributed by atoms with van der Waals surface area (Å²) in [6, 6.07) is 5.43. The molecule has 1 heterocycles. The van der Waals surface area contributed by atoms with E-state index in [4.69, 9.17) is 4.74 Å². The molecule has 1 N–H and O–H groups in total. The molecule has 1 aliphatic rings. The molecule has 0 amide bonds. The molecule has 3 nitrogen and oxygen atoms in total. The van der Waals surface area contributed by atoms with Crippen molar-refractivity contribution in [2.45, 2.75) is 26.8 Å². The number of hydrogen-bond donors (Lipinski definition) is 1. The molecule has 1 saturated heterocycles. The second-order valence-corrected chi connectivity index (χ2v) is 5.52. The van der Waals surface area contributed by atoms with Gasteiger partial charge < -0.3 is 9.84 Å². The zero-order chi connectivity index (χ0) is 13.1. The van der Waals surface area contributed by atoms with Crippen LogP contribution >= 0.6 is 0 Å². The first-order valence-corrected chi connectivity index (χ1v) is 6.68. The van der Waals surface area contributed by atoms with Crippen LogP contribution in [0.25, 0.3) is 0 Å². The van der Waals surface area contributed by atoms with Gasteiger partial charge in [-0.15, -0.1) is 0 Å². The number of nitrogens with zero attached hydrogens (tertiary/aromatic N) is 1. The lowest BCUT2D eigenvalue weighted by molar-refractivity contribution is 0.292. The van der Waals surface area contributed by atoms with E-state index in [1.54, 1.807) is 19.2 Å². The number of likely N-dealkylation sites (tertiary alicyclic amines) is 1. The Labute approximate surface area is 109 Å². The Bertz CT molecular complexity index is 403. The predicted octanol–water partition coefficient (Wildman–Crippen LogP) is 2.88. The van der Waals surface area contributed by atoms with Crippen LogP contribution in [0.2, 0.25) is 0 Å². The number of phenolic OH excluding ortho intramolecular Hbond substituents is 1. The van der Waals surface area contributed by atoms with Crippen molar-refractivity contribution < 1.29 is 9.84 Å². The van der Waals surface area contributed by atoms with Crippen molar-refractivity contribution in [3.63, 3.8) is 0 Å². The molecule has 100 valence electrons. The van der Waals surface area contributed by atoms with Crippen LogP contribution in [0.4, 0.5) is 0 Å². The van der Waals surface area contributed by atoms with E-state index in [0.29, 0.717) is 5.75 Å². The number of methoxy groups -OCH3 is 1. The van der Waals surface area contributed by atoms with Crippen LogP contribution < -0.4 is 4.74 Å². The number of benzene rings is 1. The first kappa shape index (κ1) is 13.2. The number of aromatic hydroxyl groups is 1. The van der Waals surface area contributed by atoms with E-state index < -0.39 is 0 Å². The lowest BCUT2D eigenvalue weighted by Gasteiger charge is -2.18. The summed E-state index contributed by atoms with van der Waals surface area (Å²) < 4.78 is 5.20. The van der Waals surface area contributed by atoms with Crippen molar-refractivity contribution in [2.75, 3.05) is 20.2 Å². The van der Waals surface area contributed by atoms with Gasteiger partial charge in [0.25, 0.3) is 0 Å². The molecule has 1 aliphatic heterocycles. The van der Waals surface area contributed by atoms with Crippen molar-refractivity contribution in [1.82, 2.24) is 4.90 Å². The van der Waals surface area contributed by atoms with E-state index in [1.807, 2.05) is 6.07 Å². The highest BCUT2D eigenvalue weighted by molar-refractivity contribution is 5.39. The van der Waals surface area contributed by atoms with Crippen LogP contribution in [0.1, 0.15) is 25.8 Å². The Morgan fingerprint density at radius 2 is 2.22 bits per heavy atom. The van der Waals surface area contributed by atoms with Gasteiger partial charge in [0.15, 0.2) is 0 Å². The highest BCUT2D eigenvalue weighted by atomic mass is 16.5. The molecular weight excluding hydrogens is 226 g/mol. The van der Waals surface area contributed by atoms with Gasteiger partial charge in [-0.25, -0.2) is 0 Å². The summed E-state index contributed by atoms with van der Waals surface area (Å²) in [5.41, 5.74) is 0.957. The van der Waals surface area contributed by atoms with Crippen LogP contribution in [0.15, 0.2) is 18.2 Å². The number of ether oxygens (including phenoxy) is 1. The van der Waals surface area contributed by atoms with Crippen LogP contribution in [-0.4, -0.2) is 30.2 Å². The van der Waals surface area contributed by atoms with E-state index in [1.165, 1.54) is 6.42 Å². The molecule has 1 atom stereocenters. The minimum absolute atomic E-state index is 0.365. The summed E-state index contributed by atoms with van der Waals surface area (Å²) in [5.74, 6) is 2.71. The maximum atomic E-state index is 9.88. The van der Waals surface area contributed by atoms with Crippen LogP contribution in [-0.2, 0) is 6.54 Å². The van der Waals surface area contributed by atoms with Crippen molar-refractivity contribution in [3.05, 3.63) is 23.8 Å². The fourth-order valence-corrected chi connectivity index (χ4v) is 2.61. The summed E-state index contributed by atoms with van der Waals surface area (Å²) in [4.78, 5) is 2.42. The zero-order valence-electron chi connectivity index (χ0n) is 11.5. The van der Waals surface area contributed by atoms with Gasteiger partial charge in [-0.05, 0) is 43.0 Å². The Balaban J connectivity index is 2.02. The van der Waals surface area contributed by atoms with Gasteiger partial charge >= 0.3 is 0 Å². The smallest absolute Gasteiger partial charge is 0.120 e. The van der Waals surface area contributed by atoms with Crippen molar-refractivity contribution >= 4 is 0 Å². The first-order chi connectivity index (χ1) is 8.60. The second kappa shape index (κ2) is 5.61. The quantitative estimate of drug-likeness (QED) is 0.890. The van der Waals surface area contributed by atoms with Crippen LogP contribution in [0.3, 0.4) is 0 Å². The van der Waals surface area contributed by atoms with Crippen molar-refractivity contribution in [3.8, 4) is 11.5 Å². The van der Waals surface area contributed by atoms with Gasteiger partial charge in [-0.1, -0.05) is 13.8 Å². The molecule has 0 bridgehead atoms. The maximum absolute atomic E-state index is 9.88. The van der Waals surface area contributed by atoms with E-state index in [2.05, 4.69) is 18.7 Å². The molecule has 1 unspecified atom stereocenters. The summed E-state index contributed by atoms with van der Waals surface area (Å²) in [6.07, 6.45) is 1.27. The number of rotatable bonds is 4. The second-order valence-electron chi connectivity index (χ2n) is 5.52. The number of phenols is 1. The maximum Gasteiger partial charge on any atom is 0.120 e. The van der Waals surface area contributed by atoms with Crippen molar-refractivity contribution in [1.29, 1.82) is 0 Å². The van der Waals surface area contributed by atoms with Crippen LogP contribution in [0.5, 0.6) is 11.5 Å². The average molecular weight is 249 g/mol. The fraction of sp³-hybridized carbons (Fsp3) is 0.600. The number of hydrogen-bond acceptors (Lipinski definition) is 3. The lowest BCUT2D eigenvalue weighted by Crippen LogP contribution is -2.21. The molecular formula is C15H23NO2. The van der Waals surface area contributed by atoms with Gasteiger partial charge in [0, 0.05) is 18.7 Å². The Hall–Kier alpha value is -1.22. The first-order valence-electron chi connectivity index (χ1n) is 6.68. The van der Waals surface area contributed by atoms with Gasteiger partial charge in [0.1, 0.15) is 11.5 Å². The fourth-order valence-electron chi connectivity index (χ4n) is 2.61. The minimum Gasteiger partial charge on any atom is -0.508 e. The summed E-state index contributed by atoms with van der Waals surface area (Å²) in [5, 5.41) is 9.88. The van der Waals surface area contributed by atoms with Gasteiger partial charge in [0.2, 0.25) is 0 Å². The van der Waals surface area contributed by atoms with Gasteiger partial charge in [-0.2, -0.15) is 0 Å². The van der Waals surface area contributed by atoms with Gasteiger partial charge in [0.05, 0.1) is 7.11 Å². The van der Waals surface area contributed by atoms with Gasteiger partial charge in [-0.3, -0.25) is 4.90 Å². The van der Waals surface area contributed by atoms with Crippen molar-refractivity contribution in [2.24, 2.45) is 11.8 Å². The minimum atomic E-state index is 0.365. The largest absolute Gasteiger partial charge is 0.508 e. The summed E-state index contributed by atoms with van der Waals surface area (Å²) in [6.45, 7) is 7.65. The highest BCUT2D eigenvalue weighted by Crippen LogP contribution is 2.28. The molecule has 1 aromatic carbocycles. The molecule has 0 aliphatic carbocycles. The molecule has 18 heavy (non-hydrogen) atoms. The Morgan fingerprint density at radius 3 is 2.83 bits per heavy atom. The summed E-state index contributed by atoms with van der Waals surface area (Å²) in [7, 11) is 1.65. The standard InChI is InChI=1S/C15H23NO2/c1-11(2)12-6-7-16(9-12)10-13-8-14(18-3)4-5-15(13)17/h4-5,8,11-12,17H,6-7,9-10H2,1-3H3. The molecule has 0 spiro atoms. The van der Waals surface area contributed by atoms with E-state index in [9.17, 15) is 5.11 Å². The summed E-state index contributed by atoms with van der Waals surface area (Å²) >= 11 is 0. The third-order valence-electron chi connectivity index (χ3n) is 3.93. The normalized spacial score (nSPS) is 20.6. The molecule has 0 aromatic heterocycles. The van der Waals surface area contributed by atoms with E-state index >= 15 is 0 Å². The highest BCUT2D eigenvalue weighted by Gasteiger charge is 2.25. The zero-order valence-corrected chi connectivity index (χ0v) is 11.5. The monoisotopic (exact) mass is 249 g/mol. The molecule has 2 rings (SSSR count). The van der Waals surface area contributed by atoms with Crippen LogP contribution in [0, 0.1) is 11.8 Å². The predicted molar refractivity (Wildman–Crippen MR) is 72.9 cm³/mol. The Kier molecular flexibility index (Phi) is 4.12.